The van der Waals surface area contributed by atoms with Crippen LogP contribution in [0.4, 0.5) is 0 Å². The maximum Gasteiger partial charge on any atom is 0.251 e. The normalized spacial score (nSPS) is 12.0. The second-order valence-corrected chi connectivity index (χ2v) is 5.85. The quantitative estimate of drug-likeness (QED) is 0.887. The molecule has 0 aliphatic rings. The predicted molar refractivity (Wildman–Crippen MR) is 87.7 cm³/mol. The third kappa shape index (κ3) is 3.52. The average molecular weight is 281 g/mol. The zero-order chi connectivity index (χ0) is 15.6. The number of aryl methyl sites for hydroxylation is 4. The molecule has 2 rings (SSSR count). The molecule has 1 amide bonds. The van der Waals surface area contributed by atoms with Crippen LogP contribution in [-0.4, -0.2) is 5.91 Å². The Balaban J connectivity index is 2.18. The van der Waals surface area contributed by atoms with Crippen molar-refractivity contribution in [3.05, 3.63) is 69.8 Å². The van der Waals surface area contributed by atoms with Crippen LogP contribution in [0.15, 0.2) is 36.4 Å². The fraction of sp³-hybridized carbons (Fsp3) is 0.316. The van der Waals surface area contributed by atoms with Crippen LogP contribution in [0.5, 0.6) is 0 Å². The number of carbonyl (C=O) groups excluding carboxylic acids is 1. The van der Waals surface area contributed by atoms with E-state index in [9.17, 15) is 4.79 Å². The molecule has 0 heterocycles. The summed E-state index contributed by atoms with van der Waals surface area (Å²) in [6.45, 7) is 10.3. The lowest BCUT2D eigenvalue weighted by atomic mass is 9.99. The third-order valence-electron chi connectivity index (χ3n) is 4.02. The maximum atomic E-state index is 12.4. The summed E-state index contributed by atoms with van der Waals surface area (Å²) in [6.07, 6.45) is 0. The van der Waals surface area contributed by atoms with Crippen LogP contribution in [0.2, 0.25) is 0 Å². The van der Waals surface area contributed by atoms with Gasteiger partial charge in [0.15, 0.2) is 0 Å². The molecule has 1 N–H and O–H groups in total. The molecule has 0 aliphatic heterocycles. The zero-order valence-electron chi connectivity index (χ0n) is 13.4. The Morgan fingerprint density at radius 3 is 2.24 bits per heavy atom. The number of amides is 1. The molecule has 0 fully saturated rings. The van der Waals surface area contributed by atoms with Gasteiger partial charge in [-0.1, -0.05) is 29.8 Å². The first-order valence-corrected chi connectivity index (χ1v) is 7.33. The maximum absolute atomic E-state index is 12.4. The Hall–Kier alpha value is -2.09. The van der Waals surface area contributed by atoms with E-state index in [4.69, 9.17) is 0 Å². The van der Waals surface area contributed by atoms with Crippen molar-refractivity contribution in [2.24, 2.45) is 0 Å². The molecule has 0 radical (unpaired) electrons. The van der Waals surface area contributed by atoms with Gasteiger partial charge in [-0.3, -0.25) is 4.79 Å². The highest BCUT2D eigenvalue weighted by Crippen LogP contribution is 2.19. The van der Waals surface area contributed by atoms with Crippen LogP contribution < -0.4 is 5.32 Å². The van der Waals surface area contributed by atoms with Gasteiger partial charge in [0.05, 0.1) is 6.04 Å². The number of nitrogens with one attached hydrogen (secondary N) is 1. The van der Waals surface area contributed by atoms with Gasteiger partial charge in [0.2, 0.25) is 0 Å². The fourth-order valence-corrected chi connectivity index (χ4v) is 2.47. The first-order chi connectivity index (χ1) is 9.88. The molecule has 0 spiro atoms. The summed E-state index contributed by atoms with van der Waals surface area (Å²) in [4.78, 5) is 12.4. The van der Waals surface area contributed by atoms with E-state index < -0.39 is 0 Å². The van der Waals surface area contributed by atoms with Gasteiger partial charge in [0.25, 0.3) is 5.91 Å². The summed E-state index contributed by atoms with van der Waals surface area (Å²) in [5.41, 5.74) is 6.65. The Morgan fingerprint density at radius 2 is 1.57 bits per heavy atom. The van der Waals surface area contributed by atoms with E-state index in [1.807, 2.05) is 32.0 Å². The zero-order valence-corrected chi connectivity index (χ0v) is 13.4. The van der Waals surface area contributed by atoms with E-state index in [0.717, 1.165) is 11.1 Å². The first kappa shape index (κ1) is 15.3. The van der Waals surface area contributed by atoms with Crippen molar-refractivity contribution in [3.63, 3.8) is 0 Å². The van der Waals surface area contributed by atoms with Crippen LogP contribution >= 0.6 is 0 Å². The Kier molecular flexibility index (Phi) is 4.46. The molecule has 0 bridgehead atoms. The molecule has 1 atom stereocenters. The SMILES string of the molecule is Cc1ccc(C)c(C(C)NC(=O)c2ccc(C)c(C)c2)c1. The minimum Gasteiger partial charge on any atom is -0.346 e. The van der Waals surface area contributed by atoms with E-state index in [-0.39, 0.29) is 11.9 Å². The van der Waals surface area contributed by atoms with E-state index in [0.29, 0.717) is 0 Å². The number of benzene rings is 2. The van der Waals surface area contributed by atoms with Gasteiger partial charge in [-0.05, 0) is 69.0 Å². The molecular weight excluding hydrogens is 258 g/mol. The van der Waals surface area contributed by atoms with Crippen molar-refractivity contribution in [2.75, 3.05) is 0 Å². The molecular formula is C19H23NO. The molecule has 0 aromatic heterocycles. The van der Waals surface area contributed by atoms with E-state index >= 15 is 0 Å². The highest BCUT2D eigenvalue weighted by Gasteiger charge is 2.13. The minimum atomic E-state index is -0.0218. The highest BCUT2D eigenvalue weighted by atomic mass is 16.1. The molecule has 2 aromatic rings. The number of hydrogen-bond donors (Lipinski definition) is 1. The molecule has 0 saturated heterocycles. The van der Waals surface area contributed by atoms with Gasteiger partial charge in [0.1, 0.15) is 0 Å². The fourth-order valence-electron chi connectivity index (χ4n) is 2.47. The van der Waals surface area contributed by atoms with Crippen molar-refractivity contribution in [2.45, 2.75) is 40.7 Å². The summed E-state index contributed by atoms with van der Waals surface area (Å²) in [5.74, 6) is -0.0218. The van der Waals surface area contributed by atoms with Crippen molar-refractivity contribution in [1.29, 1.82) is 0 Å². The molecule has 2 nitrogen and oxygen atoms in total. The van der Waals surface area contributed by atoms with Gasteiger partial charge >= 0.3 is 0 Å². The van der Waals surface area contributed by atoms with E-state index in [2.05, 4.69) is 44.3 Å². The summed E-state index contributed by atoms with van der Waals surface area (Å²) in [7, 11) is 0. The Bertz CT molecular complexity index is 673. The van der Waals surface area contributed by atoms with E-state index in [1.165, 1.54) is 22.3 Å². The van der Waals surface area contributed by atoms with Crippen molar-refractivity contribution in [1.82, 2.24) is 5.32 Å². The first-order valence-electron chi connectivity index (χ1n) is 7.33. The van der Waals surface area contributed by atoms with Gasteiger partial charge in [0, 0.05) is 5.56 Å². The van der Waals surface area contributed by atoms with Crippen LogP contribution in [0, 0.1) is 27.7 Å². The van der Waals surface area contributed by atoms with E-state index in [1.54, 1.807) is 0 Å². The topological polar surface area (TPSA) is 29.1 Å². The second-order valence-electron chi connectivity index (χ2n) is 5.85. The summed E-state index contributed by atoms with van der Waals surface area (Å²) >= 11 is 0. The second kappa shape index (κ2) is 6.13. The molecule has 2 aromatic carbocycles. The molecule has 0 saturated carbocycles. The predicted octanol–water partition coefficient (Wildman–Crippen LogP) is 4.41. The monoisotopic (exact) mass is 281 g/mol. The number of rotatable bonds is 3. The van der Waals surface area contributed by atoms with Crippen LogP contribution in [0.25, 0.3) is 0 Å². The lowest BCUT2D eigenvalue weighted by Gasteiger charge is -2.17. The van der Waals surface area contributed by atoms with Gasteiger partial charge < -0.3 is 5.32 Å². The molecule has 110 valence electrons. The number of carbonyl (C=O) groups is 1. The summed E-state index contributed by atoms with van der Waals surface area (Å²) in [6, 6.07) is 12.2. The minimum absolute atomic E-state index is 0.000917. The summed E-state index contributed by atoms with van der Waals surface area (Å²) in [5, 5.41) is 3.09. The van der Waals surface area contributed by atoms with Crippen molar-refractivity contribution in [3.8, 4) is 0 Å². The Labute approximate surface area is 127 Å². The molecule has 21 heavy (non-hydrogen) atoms. The van der Waals surface area contributed by atoms with Crippen LogP contribution in [-0.2, 0) is 0 Å². The van der Waals surface area contributed by atoms with Gasteiger partial charge in [-0.15, -0.1) is 0 Å². The lowest BCUT2D eigenvalue weighted by Crippen LogP contribution is -2.27. The highest BCUT2D eigenvalue weighted by molar-refractivity contribution is 5.94. The smallest absolute Gasteiger partial charge is 0.251 e. The number of hydrogen-bond acceptors (Lipinski definition) is 1. The molecule has 0 aliphatic carbocycles. The molecule has 1 unspecified atom stereocenters. The third-order valence-corrected chi connectivity index (χ3v) is 4.02. The van der Waals surface area contributed by atoms with Crippen molar-refractivity contribution >= 4 is 5.91 Å². The van der Waals surface area contributed by atoms with Crippen LogP contribution in [0.3, 0.4) is 0 Å². The standard InChI is InChI=1S/C19H23NO/c1-12-6-7-14(3)18(10-12)16(5)20-19(21)17-9-8-13(2)15(4)11-17/h6-11,16H,1-5H3,(H,20,21). The van der Waals surface area contributed by atoms with Crippen molar-refractivity contribution < 1.29 is 4.79 Å². The summed E-state index contributed by atoms with van der Waals surface area (Å²) < 4.78 is 0. The largest absolute Gasteiger partial charge is 0.346 e. The Morgan fingerprint density at radius 1 is 0.905 bits per heavy atom. The average Bonchev–Trinajstić information content (AvgIpc) is 2.44. The van der Waals surface area contributed by atoms with Crippen LogP contribution in [0.1, 0.15) is 51.1 Å². The van der Waals surface area contributed by atoms with Gasteiger partial charge in [-0.2, -0.15) is 0 Å². The molecule has 2 heteroatoms. The van der Waals surface area contributed by atoms with Gasteiger partial charge in [-0.25, -0.2) is 0 Å². The lowest BCUT2D eigenvalue weighted by molar-refractivity contribution is 0.0939.